The van der Waals surface area contributed by atoms with Crippen LogP contribution in [0, 0.1) is 5.92 Å². The maximum atomic E-state index is 13.2. The average molecular weight is 358 g/mol. The van der Waals surface area contributed by atoms with E-state index in [1.165, 1.54) is 5.56 Å². The molecule has 1 aromatic carbocycles. The van der Waals surface area contributed by atoms with Gasteiger partial charge in [0.1, 0.15) is 5.60 Å². The van der Waals surface area contributed by atoms with Crippen LogP contribution >= 0.6 is 0 Å². The van der Waals surface area contributed by atoms with E-state index in [9.17, 15) is 9.59 Å². The molecule has 0 bridgehead atoms. The van der Waals surface area contributed by atoms with Crippen LogP contribution in [0.1, 0.15) is 58.1 Å². The molecule has 3 rings (SSSR count). The molecule has 0 radical (unpaired) electrons. The lowest BCUT2D eigenvalue weighted by atomic mass is 9.95. The van der Waals surface area contributed by atoms with Crippen LogP contribution in [-0.2, 0) is 9.53 Å². The Labute approximate surface area is 156 Å². The molecular weight excluding hydrogens is 328 g/mol. The largest absolute Gasteiger partial charge is 0.444 e. The zero-order valence-electron chi connectivity index (χ0n) is 16.1. The minimum atomic E-state index is -0.513. The van der Waals surface area contributed by atoms with Gasteiger partial charge < -0.3 is 14.5 Å². The molecule has 0 spiro atoms. The molecule has 5 nitrogen and oxygen atoms in total. The Morgan fingerprint density at radius 3 is 2.42 bits per heavy atom. The maximum Gasteiger partial charge on any atom is 0.410 e. The molecule has 142 valence electrons. The number of hydrogen-bond donors (Lipinski definition) is 0. The summed E-state index contributed by atoms with van der Waals surface area (Å²) < 4.78 is 5.48. The van der Waals surface area contributed by atoms with Crippen molar-refractivity contribution in [1.82, 2.24) is 9.80 Å². The van der Waals surface area contributed by atoms with E-state index in [4.69, 9.17) is 4.74 Å². The number of benzene rings is 1. The van der Waals surface area contributed by atoms with Gasteiger partial charge in [-0.25, -0.2) is 4.79 Å². The number of likely N-dealkylation sites (tertiary alicyclic amines) is 2. The van der Waals surface area contributed by atoms with Gasteiger partial charge in [-0.15, -0.1) is 0 Å². The Kier molecular flexibility index (Phi) is 5.54. The smallest absolute Gasteiger partial charge is 0.410 e. The van der Waals surface area contributed by atoms with Crippen molar-refractivity contribution in [2.75, 3.05) is 19.6 Å². The lowest BCUT2D eigenvalue weighted by molar-refractivity contribution is -0.138. The van der Waals surface area contributed by atoms with Gasteiger partial charge in [0, 0.05) is 19.6 Å². The van der Waals surface area contributed by atoms with E-state index in [0.717, 1.165) is 32.2 Å². The molecular formula is C21H30N2O3. The minimum Gasteiger partial charge on any atom is -0.444 e. The predicted octanol–water partition coefficient (Wildman–Crippen LogP) is 4.00. The van der Waals surface area contributed by atoms with Crippen LogP contribution in [0.3, 0.4) is 0 Å². The van der Waals surface area contributed by atoms with E-state index < -0.39 is 5.60 Å². The van der Waals surface area contributed by atoms with Crippen molar-refractivity contribution in [2.45, 2.75) is 58.1 Å². The molecule has 5 heteroatoms. The summed E-state index contributed by atoms with van der Waals surface area (Å²) in [4.78, 5) is 29.3. The van der Waals surface area contributed by atoms with Crippen LogP contribution in [0.15, 0.2) is 30.3 Å². The standard InChI is InChI=1S/C21H30N2O3/c1-21(2,3)26-20(25)22-13-7-11-17(15-22)19(24)23-14-8-12-18(23)16-9-5-4-6-10-16/h4-6,9-10,17-18H,7-8,11-15H2,1-3H3. The van der Waals surface area contributed by atoms with Crippen LogP contribution in [0.25, 0.3) is 0 Å². The van der Waals surface area contributed by atoms with Crippen molar-refractivity contribution in [2.24, 2.45) is 5.92 Å². The van der Waals surface area contributed by atoms with Crippen LogP contribution in [0.4, 0.5) is 4.79 Å². The molecule has 26 heavy (non-hydrogen) atoms. The van der Waals surface area contributed by atoms with Crippen LogP contribution in [0.5, 0.6) is 0 Å². The molecule has 2 amide bonds. The molecule has 0 N–H and O–H groups in total. The highest BCUT2D eigenvalue weighted by molar-refractivity contribution is 5.81. The summed E-state index contributed by atoms with van der Waals surface area (Å²) in [6, 6.07) is 10.4. The van der Waals surface area contributed by atoms with Crippen molar-refractivity contribution in [3.8, 4) is 0 Å². The third kappa shape index (κ3) is 4.37. The number of piperidine rings is 1. The second-order valence-electron chi connectivity index (χ2n) is 8.37. The summed E-state index contributed by atoms with van der Waals surface area (Å²) in [6.07, 6.45) is 3.43. The van der Waals surface area contributed by atoms with Gasteiger partial charge in [0.2, 0.25) is 5.91 Å². The molecule has 0 aliphatic carbocycles. The fourth-order valence-electron chi connectivity index (χ4n) is 3.96. The molecule has 1 aromatic rings. The van der Waals surface area contributed by atoms with E-state index in [0.29, 0.717) is 13.1 Å². The average Bonchev–Trinajstić information content (AvgIpc) is 3.10. The predicted molar refractivity (Wildman–Crippen MR) is 101 cm³/mol. The Balaban J connectivity index is 1.66. The normalized spacial score (nSPS) is 23.8. The van der Waals surface area contributed by atoms with Crippen LogP contribution < -0.4 is 0 Å². The van der Waals surface area contributed by atoms with Gasteiger partial charge in [0.15, 0.2) is 0 Å². The first-order valence-electron chi connectivity index (χ1n) is 9.68. The highest BCUT2D eigenvalue weighted by Gasteiger charge is 2.37. The number of amides is 2. The summed E-state index contributed by atoms with van der Waals surface area (Å²) in [5.41, 5.74) is 0.694. The zero-order valence-corrected chi connectivity index (χ0v) is 16.1. The Morgan fingerprint density at radius 2 is 1.73 bits per heavy atom. The number of carbonyl (C=O) groups is 2. The van der Waals surface area contributed by atoms with Crippen molar-refractivity contribution < 1.29 is 14.3 Å². The molecule has 2 aliphatic heterocycles. The highest BCUT2D eigenvalue weighted by atomic mass is 16.6. The molecule has 0 saturated carbocycles. The van der Waals surface area contributed by atoms with Gasteiger partial charge in [-0.1, -0.05) is 30.3 Å². The van der Waals surface area contributed by atoms with Crippen LogP contribution in [-0.4, -0.2) is 47.0 Å². The van der Waals surface area contributed by atoms with Crippen molar-refractivity contribution in [3.63, 3.8) is 0 Å². The molecule has 2 unspecified atom stereocenters. The van der Waals surface area contributed by atoms with Gasteiger partial charge in [0.25, 0.3) is 0 Å². The van der Waals surface area contributed by atoms with Crippen molar-refractivity contribution in [3.05, 3.63) is 35.9 Å². The lowest BCUT2D eigenvalue weighted by Crippen LogP contribution is -2.47. The Bertz CT molecular complexity index is 638. The van der Waals surface area contributed by atoms with Crippen molar-refractivity contribution >= 4 is 12.0 Å². The number of carbonyl (C=O) groups excluding carboxylic acids is 2. The molecule has 2 aliphatic rings. The van der Waals surface area contributed by atoms with Crippen molar-refractivity contribution in [1.29, 1.82) is 0 Å². The van der Waals surface area contributed by atoms with E-state index in [1.54, 1.807) is 4.90 Å². The van der Waals surface area contributed by atoms with Gasteiger partial charge >= 0.3 is 6.09 Å². The summed E-state index contributed by atoms with van der Waals surface area (Å²) in [5.74, 6) is 0.0604. The van der Waals surface area contributed by atoms with Gasteiger partial charge in [0.05, 0.1) is 12.0 Å². The van der Waals surface area contributed by atoms with E-state index in [1.807, 2.05) is 43.9 Å². The first-order chi connectivity index (χ1) is 12.3. The SMILES string of the molecule is CC(C)(C)OC(=O)N1CCCC(C(=O)N2CCCC2c2ccccc2)C1. The molecule has 2 atom stereocenters. The third-order valence-electron chi connectivity index (χ3n) is 5.14. The fraction of sp³-hybridized carbons (Fsp3) is 0.619. The second kappa shape index (κ2) is 7.68. The monoisotopic (exact) mass is 358 g/mol. The summed E-state index contributed by atoms with van der Waals surface area (Å²) in [5, 5.41) is 0. The highest BCUT2D eigenvalue weighted by Crippen LogP contribution is 2.34. The summed E-state index contributed by atoms with van der Waals surface area (Å²) in [6.45, 7) is 7.54. The fourth-order valence-corrected chi connectivity index (χ4v) is 3.96. The second-order valence-corrected chi connectivity index (χ2v) is 8.37. The number of hydrogen-bond acceptors (Lipinski definition) is 3. The number of ether oxygens (including phenoxy) is 1. The number of nitrogens with zero attached hydrogens (tertiary/aromatic N) is 2. The maximum absolute atomic E-state index is 13.2. The van der Waals surface area contributed by atoms with Gasteiger partial charge in [-0.2, -0.15) is 0 Å². The zero-order chi connectivity index (χ0) is 18.7. The molecule has 2 fully saturated rings. The van der Waals surface area contributed by atoms with Gasteiger partial charge in [-0.3, -0.25) is 4.79 Å². The lowest BCUT2D eigenvalue weighted by Gasteiger charge is -2.36. The number of rotatable bonds is 2. The topological polar surface area (TPSA) is 49.9 Å². The first kappa shape index (κ1) is 18.7. The third-order valence-corrected chi connectivity index (χ3v) is 5.14. The van der Waals surface area contributed by atoms with E-state index >= 15 is 0 Å². The van der Waals surface area contributed by atoms with E-state index in [-0.39, 0.29) is 24.0 Å². The summed E-state index contributed by atoms with van der Waals surface area (Å²) >= 11 is 0. The quantitative estimate of drug-likeness (QED) is 0.803. The summed E-state index contributed by atoms with van der Waals surface area (Å²) in [7, 11) is 0. The van der Waals surface area contributed by atoms with Crippen LogP contribution in [0.2, 0.25) is 0 Å². The first-order valence-corrected chi connectivity index (χ1v) is 9.68. The minimum absolute atomic E-state index is 0.124. The Morgan fingerprint density at radius 1 is 1.04 bits per heavy atom. The Hall–Kier alpha value is -2.04. The van der Waals surface area contributed by atoms with Gasteiger partial charge in [-0.05, 0) is 52.0 Å². The van der Waals surface area contributed by atoms with E-state index in [2.05, 4.69) is 12.1 Å². The molecule has 0 aromatic heterocycles. The molecule has 2 heterocycles. The molecule has 2 saturated heterocycles.